The number of aliphatic hydroxyl groups excluding tert-OH is 1. The number of nitrogens with one attached hydrogen (secondary N) is 1. The van der Waals surface area contributed by atoms with E-state index in [2.05, 4.69) is 17.3 Å². The number of anilines is 1. The molecule has 38 heavy (non-hydrogen) atoms. The van der Waals surface area contributed by atoms with E-state index in [0.717, 1.165) is 6.54 Å². The highest BCUT2D eigenvalue weighted by Gasteiger charge is 2.32. The van der Waals surface area contributed by atoms with Crippen LogP contribution >= 0.6 is 0 Å². The normalized spacial score (nSPS) is 22.2. The largest absolute Gasteiger partial charge is 0.488 e. The molecule has 1 aromatic rings. The molecule has 1 aromatic carbocycles. The Labute approximate surface area is 223 Å². The van der Waals surface area contributed by atoms with Crippen LogP contribution in [0.2, 0.25) is 0 Å². The summed E-state index contributed by atoms with van der Waals surface area (Å²) in [5.41, 5.74) is 0.861. The fraction of sp³-hybridized carbons (Fsp3) is 0.714. The Kier molecular flexibility index (Phi) is 10.8. The number of amides is 2. The smallest absolute Gasteiger partial charge is 0.389 e. The van der Waals surface area contributed by atoms with Crippen molar-refractivity contribution in [3.05, 3.63) is 23.8 Å². The lowest BCUT2D eigenvalue weighted by Gasteiger charge is -2.35. The molecule has 0 unspecified atom stereocenters. The van der Waals surface area contributed by atoms with E-state index in [1.54, 1.807) is 30.0 Å². The zero-order valence-corrected chi connectivity index (χ0v) is 22.7. The third-order valence-corrected chi connectivity index (χ3v) is 7.62. The van der Waals surface area contributed by atoms with Gasteiger partial charge in [0.25, 0.3) is 0 Å². The van der Waals surface area contributed by atoms with Crippen LogP contribution in [0.4, 0.5) is 18.9 Å². The SMILES string of the molecule is C[C@@H]1CN([C@@H](C)CO)C(=O)Cc2cc(NC(=O)CCC(F)(F)F)ccc2O[C@H]1CN(C)CC1CCCCC1. The van der Waals surface area contributed by atoms with Gasteiger partial charge in [0, 0.05) is 43.2 Å². The molecule has 3 rings (SSSR count). The molecule has 214 valence electrons. The molecule has 1 heterocycles. The van der Waals surface area contributed by atoms with Gasteiger partial charge in [0.1, 0.15) is 11.9 Å². The zero-order valence-electron chi connectivity index (χ0n) is 22.7. The molecule has 1 aliphatic carbocycles. The second-order valence-electron chi connectivity index (χ2n) is 11.1. The summed E-state index contributed by atoms with van der Waals surface area (Å²) in [6.07, 6.45) is -0.206. The van der Waals surface area contributed by atoms with Crippen LogP contribution in [-0.2, 0) is 16.0 Å². The number of aliphatic hydroxyl groups is 1. The number of rotatable bonds is 9. The number of hydrogen-bond acceptors (Lipinski definition) is 5. The molecule has 0 bridgehead atoms. The van der Waals surface area contributed by atoms with Crippen molar-refractivity contribution in [3.8, 4) is 5.75 Å². The van der Waals surface area contributed by atoms with Crippen LogP contribution in [0.25, 0.3) is 0 Å². The summed E-state index contributed by atoms with van der Waals surface area (Å²) >= 11 is 0. The predicted octanol–water partition coefficient (Wildman–Crippen LogP) is 4.63. The molecule has 2 amide bonds. The Morgan fingerprint density at radius 2 is 1.95 bits per heavy atom. The molecule has 0 spiro atoms. The third-order valence-electron chi connectivity index (χ3n) is 7.62. The van der Waals surface area contributed by atoms with Gasteiger partial charge in [-0.2, -0.15) is 13.2 Å². The van der Waals surface area contributed by atoms with Crippen molar-refractivity contribution in [2.24, 2.45) is 11.8 Å². The van der Waals surface area contributed by atoms with Crippen LogP contribution in [0.3, 0.4) is 0 Å². The summed E-state index contributed by atoms with van der Waals surface area (Å²) in [6, 6.07) is 4.49. The van der Waals surface area contributed by atoms with E-state index in [-0.39, 0.29) is 37.0 Å². The molecular formula is C28H42F3N3O4. The van der Waals surface area contributed by atoms with Gasteiger partial charge >= 0.3 is 6.18 Å². The van der Waals surface area contributed by atoms with Gasteiger partial charge in [0.15, 0.2) is 0 Å². The van der Waals surface area contributed by atoms with Crippen LogP contribution in [0.1, 0.15) is 64.4 Å². The summed E-state index contributed by atoms with van der Waals surface area (Å²) < 4.78 is 44.0. The molecule has 7 nitrogen and oxygen atoms in total. The Morgan fingerprint density at radius 3 is 2.61 bits per heavy atom. The first-order valence-corrected chi connectivity index (χ1v) is 13.7. The highest BCUT2D eigenvalue weighted by Crippen LogP contribution is 2.30. The van der Waals surface area contributed by atoms with Gasteiger partial charge in [-0.1, -0.05) is 26.2 Å². The van der Waals surface area contributed by atoms with Crippen molar-refractivity contribution in [1.29, 1.82) is 0 Å². The van der Waals surface area contributed by atoms with E-state index < -0.39 is 24.9 Å². The Hall–Kier alpha value is -2.33. The maximum atomic E-state index is 13.3. The molecule has 3 atom stereocenters. The highest BCUT2D eigenvalue weighted by molar-refractivity contribution is 5.91. The molecule has 2 aliphatic rings. The number of alkyl halides is 3. The number of likely N-dealkylation sites (N-methyl/N-ethyl adjacent to an activating group) is 1. The van der Waals surface area contributed by atoms with E-state index in [1.807, 2.05) is 6.92 Å². The summed E-state index contributed by atoms with van der Waals surface area (Å²) in [5.74, 6) is 0.246. The highest BCUT2D eigenvalue weighted by atomic mass is 19.4. The van der Waals surface area contributed by atoms with Gasteiger partial charge in [0.2, 0.25) is 11.8 Å². The molecule has 1 fully saturated rings. The van der Waals surface area contributed by atoms with Crippen molar-refractivity contribution >= 4 is 17.5 Å². The minimum absolute atomic E-state index is 0.0106. The summed E-state index contributed by atoms with van der Waals surface area (Å²) in [4.78, 5) is 29.4. The van der Waals surface area contributed by atoms with Gasteiger partial charge < -0.3 is 25.0 Å². The number of halogens is 3. The monoisotopic (exact) mass is 541 g/mol. The average Bonchev–Trinajstić information content (AvgIpc) is 2.90. The van der Waals surface area contributed by atoms with Gasteiger partial charge in [-0.15, -0.1) is 0 Å². The average molecular weight is 542 g/mol. The molecule has 1 aliphatic heterocycles. The van der Waals surface area contributed by atoms with Gasteiger partial charge in [0.05, 0.1) is 25.5 Å². The van der Waals surface area contributed by atoms with E-state index in [1.165, 1.54) is 32.1 Å². The molecule has 0 radical (unpaired) electrons. The minimum Gasteiger partial charge on any atom is -0.488 e. The fourth-order valence-corrected chi connectivity index (χ4v) is 5.40. The number of ether oxygens (including phenoxy) is 1. The Morgan fingerprint density at radius 1 is 1.24 bits per heavy atom. The Bertz CT molecular complexity index is 936. The maximum Gasteiger partial charge on any atom is 0.389 e. The second-order valence-corrected chi connectivity index (χ2v) is 11.1. The number of carbonyl (C=O) groups excluding carboxylic acids is 2. The van der Waals surface area contributed by atoms with Gasteiger partial charge in [-0.05, 0) is 50.9 Å². The van der Waals surface area contributed by atoms with Crippen molar-refractivity contribution in [3.63, 3.8) is 0 Å². The number of benzene rings is 1. The van der Waals surface area contributed by atoms with Crippen molar-refractivity contribution in [2.45, 2.75) is 83.5 Å². The molecule has 0 aromatic heterocycles. The van der Waals surface area contributed by atoms with Crippen LogP contribution in [0.15, 0.2) is 18.2 Å². The first-order chi connectivity index (χ1) is 17.9. The first-order valence-electron chi connectivity index (χ1n) is 13.7. The predicted molar refractivity (Wildman–Crippen MR) is 140 cm³/mol. The van der Waals surface area contributed by atoms with E-state index in [0.29, 0.717) is 36.0 Å². The molecule has 1 saturated carbocycles. The lowest BCUT2D eigenvalue weighted by atomic mass is 9.89. The van der Waals surface area contributed by atoms with E-state index >= 15 is 0 Å². The van der Waals surface area contributed by atoms with Crippen LogP contribution in [0, 0.1) is 11.8 Å². The van der Waals surface area contributed by atoms with Gasteiger partial charge in [-0.3, -0.25) is 9.59 Å². The summed E-state index contributed by atoms with van der Waals surface area (Å²) in [6.45, 7) is 5.75. The lowest BCUT2D eigenvalue weighted by molar-refractivity contribution is -0.142. The lowest BCUT2D eigenvalue weighted by Crippen LogP contribution is -2.48. The van der Waals surface area contributed by atoms with Crippen molar-refractivity contribution in [2.75, 3.05) is 38.6 Å². The Balaban J connectivity index is 1.81. The van der Waals surface area contributed by atoms with Crippen LogP contribution in [-0.4, -0.2) is 78.3 Å². The number of nitrogens with zero attached hydrogens (tertiary/aromatic N) is 2. The molecule has 2 N–H and O–H groups in total. The van der Waals surface area contributed by atoms with Gasteiger partial charge in [-0.25, -0.2) is 0 Å². The quantitative estimate of drug-likeness (QED) is 0.477. The maximum absolute atomic E-state index is 13.3. The molecular weight excluding hydrogens is 499 g/mol. The van der Waals surface area contributed by atoms with Crippen LogP contribution < -0.4 is 10.1 Å². The number of carbonyl (C=O) groups is 2. The summed E-state index contributed by atoms with van der Waals surface area (Å²) in [5, 5.41) is 12.3. The minimum atomic E-state index is -4.41. The third kappa shape index (κ3) is 9.15. The number of fused-ring (bicyclic) bond motifs is 1. The summed E-state index contributed by atoms with van der Waals surface area (Å²) in [7, 11) is 2.09. The van der Waals surface area contributed by atoms with E-state index in [9.17, 15) is 27.9 Å². The number of hydrogen-bond donors (Lipinski definition) is 2. The first kappa shape index (κ1) is 30.2. The van der Waals surface area contributed by atoms with Crippen LogP contribution in [0.5, 0.6) is 5.75 Å². The topological polar surface area (TPSA) is 82.1 Å². The second kappa shape index (κ2) is 13.6. The molecule has 0 saturated heterocycles. The standard InChI is InChI=1S/C28H42F3N3O4/c1-19-15-34(20(2)18-35)27(37)14-22-13-23(32-26(36)11-12-28(29,30)31)9-10-24(22)38-25(19)17-33(3)16-21-7-5-4-6-8-21/h9-10,13,19-21,25,35H,4-8,11-12,14-18H2,1-3H3,(H,32,36)/t19-,20+,25+/m1/s1. The van der Waals surface area contributed by atoms with Crippen molar-refractivity contribution < 1.29 is 32.6 Å². The van der Waals surface area contributed by atoms with Crippen molar-refractivity contribution in [1.82, 2.24) is 9.80 Å². The van der Waals surface area contributed by atoms with E-state index in [4.69, 9.17) is 4.74 Å². The fourth-order valence-electron chi connectivity index (χ4n) is 5.40. The zero-order chi connectivity index (χ0) is 27.9. The molecule has 10 heteroatoms.